The van der Waals surface area contributed by atoms with E-state index in [4.69, 9.17) is 4.74 Å². The normalized spacial score (nSPS) is 11.1. The first kappa shape index (κ1) is 16.6. The number of nitrogens with zero attached hydrogens (tertiary/aromatic N) is 6. The summed E-state index contributed by atoms with van der Waals surface area (Å²) < 4.78 is 7.31. The molecule has 3 aromatic heterocycles. The number of benzene rings is 1. The molecule has 0 amide bonds. The van der Waals surface area contributed by atoms with Gasteiger partial charge in [-0.2, -0.15) is 10.2 Å². The second-order valence-electron chi connectivity index (χ2n) is 5.60. The average molecular weight is 359 g/mol. The van der Waals surface area contributed by atoms with E-state index in [-0.39, 0.29) is 0 Å². The number of aromatic nitrogens is 5. The third-order valence-electron chi connectivity index (χ3n) is 3.83. The number of hydrazone groups is 1. The van der Waals surface area contributed by atoms with Crippen LogP contribution in [0.3, 0.4) is 0 Å². The molecule has 4 rings (SSSR count). The molecule has 134 valence electrons. The third kappa shape index (κ3) is 3.59. The van der Waals surface area contributed by atoms with E-state index in [1.807, 2.05) is 43.3 Å². The third-order valence-corrected chi connectivity index (χ3v) is 3.83. The van der Waals surface area contributed by atoms with E-state index in [1.165, 1.54) is 6.33 Å². The predicted octanol–water partition coefficient (Wildman–Crippen LogP) is 3.06. The van der Waals surface area contributed by atoms with E-state index in [2.05, 4.69) is 30.6 Å². The van der Waals surface area contributed by atoms with Gasteiger partial charge in [0.2, 0.25) is 0 Å². The van der Waals surface area contributed by atoms with Crippen molar-refractivity contribution in [2.45, 2.75) is 6.92 Å². The number of ether oxygens (including phenoxy) is 1. The number of nitrogens with one attached hydrogen (secondary N) is 1. The molecular weight excluding hydrogens is 342 g/mol. The van der Waals surface area contributed by atoms with E-state index < -0.39 is 0 Å². The van der Waals surface area contributed by atoms with Crippen molar-refractivity contribution in [3.05, 3.63) is 66.9 Å². The average Bonchev–Trinajstić information content (AvgIpc) is 3.14. The van der Waals surface area contributed by atoms with Crippen LogP contribution < -0.4 is 10.2 Å². The maximum Gasteiger partial charge on any atom is 0.168 e. The van der Waals surface area contributed by atoms with E-state index in [1.54, 1.807) is 29.5 Å². The van der Waals surface area contributed by atoms with E-state index in [0.29, 0.717) is 18.1 Å². The Labute approximate surface area is 155 Å². The summed E-state index contributed by atoms with van der Waals surface area (Å²) in [6.45, 7) is 2.56. The topological polar surface area (TPSA) is 90.1 Å². The Morgan fingerprint density at radius 1 is 1.19 bits per heavy atom. The number of pyridine rings is 1. The molecule has 4 aromatic rings. The van der Waals surface area contributed by atoms with Gasteiger partial charge in [-0.3, -0.25) is 10.4 Å². The Kier molecular flexibility index (Phi) is 4.69. The van der Waals surface area contributed by atoms with Crippen molar-refractivity contribution >= 4 is 23.1 Å². The molecule has 0 unspecified atom stereocenters. The predicted molar refractivity (Wildman–Crippen MR) is 103 cm³/mol. The lowest BCUT2D eigenvalue weighted by Crippen LogP contribution is -2.00. The van der Waals surface area contributed by atoms with Crippen molar-refractivity contribution in [3.63, 3.8) is 0 Å². The largest absolute Gasteiger partial charge is 0.494 e. The van der Waals surface area contributed by atoms with Crippen molar-refractivity contribution in [2.24, 2.45) is 5.10 Å². The lowest BCUT2D eigenvalue weighted by molar-refractivity contribution is 0.340. The van der Waals surface area contributed by atoms with Crippen molar-refractivity contribution in [1.29, 1.82) is 0 Å². The molecule has 1 N–H and O–H groups in total. The first-order valence-corrected chi connectivity index (χ1v) is 8.46. The quantitative estimate of drug-likeness (QED) is 0.420. The fourth-order valence-electron chi connectivity index (χ4n) is 2.61. The summed E-state index contributed by atoms with van der Waals surface area (Å²) in [5, 5.41) is 9.45. The first-order chi connectivity index (χ1) is 13.3. The SMILES string of the molecule is CCOc1cccc(-n2ncc3c(N/N=C/c4ccncc4)ncnc32)c1. The highest BCUT2D eigenvalue weighted by Crippen LogP contribution is 2.23. The molecule has 27 heavy (non-hydrogen) atoms. The molecule has 8 nitrogen and oxygen atoms in total. The molecule has 0 radical (unpaired) electrons. The summed E-state index contributed by atoms with van der Waals surface area (Å²) in [5.41, 5.74) is 5.43. The molecule has 3 heterocycles. The van der Waals surface area contributed by atoms with Crippen LogP contribution in [0.1, 0.15) is 12.5 Å². The molecule has 0 saturated heterocycles. The number of fused-ring (bicyclic) bond motifs is 1. The van der Waals surface area contributed by atoms with Crippen LogP contribution in [-0.4, -0.2) is 37.6 Å². The molecule has 0 fully saturated rings. The molecule has 8 heteroatoms. The Morgan fingerprint density at radius 2 is 2.07 bits per heavy atom. The van der Waals surface area contributed by atoms with Gasteiger partial charge in [0.1, 0.15) is 12.1 Å². The monoisotopic (exact) mass is 359 g/mol. The minimum Gasteiger partial charge on any atom is -0.494 e. The van der Waals surface area contributed by atoms with Crippen molar-refractivity contribution in [1.82, 2.24) is 24.7 Å². The zero-order chi connectivity index (χ0) is 18.5. The van der Waals surface area contributed by atoms with Gasteiger partial charge in [0.15, 0.2) is 11.5 Å². The summed E-state index contributed by atoms with van der Waals surface area (Å²) in [7, 11) is 0. The van der Waals surface area contributed by atoms with Gasteiger partial charge in [-0.1, -0.05) is 6.07 Å². The van der Waals surface area contributed by atoms with Crippen LogP contribution >= 0.6 is 0 Å². The lowest BCUT2D eigenvalue weighted by atomic mass is 10.3. The van der Waals surface area contributed by atoms with Gasteiger partial charge in [0.05, 0.1) is 30.1 Å². The highest BCUT2D eigenvalue weighted by molar-refractivity contribution is 5.88. The first-order valence-electron chi connectivity index (χ1n) is 8.46. The second-order valence-corrected chi connectivity index (χ2v) is 5.60. The Bertz CT molecular complexity index is 1080. The van der Waals surface area contributed by atoms with Crippen LogP contribution in [0.25, 0.3) is 16.7 Å². The minimum absolute atomic E-state index is 0.581. The zero-order valence-corrected chi connectivity index (χ0v) is 14.6. The van der Waals surface area contributed by atoms with Gasteiger partial charge in [-0.15, -0.1) is 0 Å². The molecule has 0 saturated carbocycles. The standard InChI is InChI=1S/C19H17N7O/c1-2-27-16-5-3-4-15(10-16)26-19-17(12-24-26)18(21-13-22-19)25-23-11-14-6-8-20-9-7-14/h3-13H,2H2,1H3,(H,21,22,25)/b23-11+. The second kappa shape index (κ2) is 7.61. The highest BCUT2D eigenvalue weighted by atomic mass is 16.5. The maximum absolute atomic E-state index is 5.57. The summed E-state index contributed by atoms with van der Waals surface area (Å²) in [5.74, 6) is 1.37. The van der Waals surface area contributed by atoms with Crippen LogP contribution in [-0.2, 0) is 0 Å². The maximum atomic E-state index is 5.57. The smallest absolute Gasteiger partial charge is 0.168 e. The summed E-state index contributed by atoms with van der Waals surface area (Å²) in [6.07, 6.45) is 8.32. The Hall–Kier alpha value is -3.81. The van der Waals surface area contributed by atoms with E-state index >= 15 is 0 Å². The molecule has 0 aliphatic heterocycles. The van der Waals surface area contributed by atoms with Gasteiger partial charge in [-0.25, -0.2) is 14.6 Å². The Morgan fingerprint density at radius 3 is 2.93 bits per heavy atom. The van der Waals surface area contributed by atoms with Gasteiger partial charge in [0.25, 0.3) is 0 Å². The summed E-state index contributed by atoms with van der Waals surface area (Å²) in [6, 6.07) is 11.4. The molecule has 1 aromatic carbocycles. The zero-order valence-electron chi connectivity index (χ0n) is 14.6. The molecule has 0 aliphatic rings. The molecular formula is C19H17N7O. The van der Waals surface area contributed by atoms with Crippen LogP contribution in [0, 0.1) is 0 Å². The van der Waals surface area contributed by atoms with E-state index in [0.717, 1.165) is 22.4 Å². The fourth-order valence-corrected chi connectivity index (χ4v) is 2.61. The van der Waals surface area contributed by atoms with Crippen LogP contribution in [0.5, 0.6) is 5.75 Å². The van der Waals surface area contributed by atoms with Gasteiger partial charge < -0.3 is 4.74 Å². The Balaban J connectivity index is 1.64. The molecule has 0 aliphatic carbocycles. The van der Waals surface area contributed by atoms with Crippen LogP contribution in [0.15, 0.2) is 66.4 Å². The van der Waals surface area contributed by atoms with Crippen molar-refractivity contribution < 1.29 is 4.74 Å². The molecule has 0 bridgehead atoms. The van der Waals surface area contributed by atoms with Crippen LogP contribution in [0.4, 0.5) is 5.82 Å². The van der Waals surface area contributed by atoms with Crippen molar-refractivity contribution in [3.8, 4) is 11.4 Å². The van der Waals surface area contributed by atoms with Gasteiger partial charge in [-0.05, 0) is 36.8 Å². The number of hydrogen-bond acceptors (Lipinski definition) is 7. The van der Waals surface area contributed by atoms with E-state index in [9.17, 15) is 0 Å². The number of rotatable bonds is 6. The van der Waals surface area contributed by atoms with Gasteiger partial charge >= 0.3 is 0 Å². The van der Waals surface area contributed by atoms with Crippen LogP contribution in [0.2, 0.25) is 0 Å². The number of hydrogen-bond donors (Lipinski definition) is 1. The minimum atomic E-state index is 0.581. The molecule has 0 atom stereocenters. The summed E-state index contributed by atoms with van der Waals surface area (Å²) >= 11 is 0. The number of anilines is 1. The van der Waals surface area contributed by atoms with Gasteiger partial charge in [0, 0.05) is 18.5 Å². The highest BCUT2D eigenvalue weighted by Gasteiger charge is 2.11. The lowest BCUT2D eigenvalue weighted by Gasteiger charge is -2.07. The summed E-state index contributed by atoms with van der Waals surface area (Å²) in [4.78, 5) is 12.6. The fraction of sp³-hybridized carbons (Fsp3) is 0.105. The molecule has 0 spiro atoms. The van der Waals surface area contributed by atoms with Crippen molar-refractivity contribution in [2.75, 3.05) is 12.0 Å².